The smallest absolute Gasteiger partial charge is 0.234 e. The number of amides is 1. The molecule has 268 valence electrons. The number of nitrogens with two attached hydrogens (primary N) is 1. The number of carbonyl (C=O) groups excluding carboxylic acids is 3. The zero-order chi connectivity index (χ0) is 37.5. The van der Waals surface area contributed by atoms with Crippen LogP contribution in [-0.2, 0) is 9.59 Å². The molecule has 0 aliphatic heterocycles. The van der Waals surface area contributed by atoms with E-state index >= 15 is 0 Å². The van der Waals surface area contributed by atoms with Crippen molar-refractivity contribution in [3.05, 3.63) is 135 Å². The lowest BCUT2D eigenvalue weighted by Gasteiger charge is -2.17. The van der Waals surface area contributed by atoms with Crippen molar-refractivity contribution in [3.63, 3.8) is 0 Å². The zero-order valence-electron chi connectivity index (χ0n) is 29.9. The number of nitrogens with one attached hydrogen (secondary N) is 1. The summed E-state index contributed by atoms with van der Waals surface area (Å²) in [6.07, 6.45) is 6.51. The van der Waals surface area contributed by atoms with E-state index in [1.807, 2.05) is 73.2 Å². The van der Waals surface area contributed by atoms with Crippen LogP contribution in [0, 0.1) is 24.3 Å². The molecule has 1 amide bonds. The second kappa shape index (κ2) is 31.7. The average molecular weight is 855 g/mol. The van der Waals surface area contributed by atoms with Crippen molar-refractivity contribution in [2.45, 2.75) is 39.4 Å². The van der Waals surface area contributed by atoms with Crippen LogP contribution in [0.2, 0.25) is 0 Å². The fourth-order valence-corrected chi connectivity index (χ4v) is 4.43. The lowest BCUT2D eigenvalue weighted by Crippen LogP contribution is -2.25. The first-order valence-corrected chi connectivity index (χ1v) is 20.7. The molecule has 0 unspecified atom stereocenters. The summed E-state index contributed by atoms with van der Waals surface area (Å²) in [5.74, 6) is 0.720. The van der Waals surface area contributed by atoms with Gasteiger partial charge in [0.2, 0.25) is 11.1 Å². The van der Waals surface area contributed by atoms with Gasteiger partial charge in [0.1, 0.15) is 0 Å². The number of aryl methyl sites for hydroxylation is 3. The summed E-state index contributed by atoms with van der Waals surface area (Å²) in [4.78, 5) is 31.9. The molecule has 0 spiro atoms. The predicted octanol–water partition coefficient (Wildman–Crippen LogP) is 10.6. The molecule has 0 fully saturated rings. The van der Waals surface area contributed by atoms with Crippen molar-refractivity contribution >= 4 is 92.6 Å². The number of carbonyl (C=O) groups is 3. The number of hydrogen-bond donors (Lipinski definition) is 2. The fraction of sp³-hybridized carbons (Fsp3) is 0.308. The van der Waals surface area contributed by atoms with Crippen molar-refractivity contribution < 1.29 is 14.4 Å². The van der Waals surface area contributed by atoms with Gasteiger partial charge in [-0.3, -0.25) is 14.4 Å². The van der Waals surface area contributed by atoms with E-state index in [0.717, 1.165) is 16.4 Å². The van der Waals surface area contributed by atoms with E-state index in [9.17, 15) is 14.4 Å². The van der Waals surface area contributed by atoms with Gasteiger partial charge < -0.3 is 11.1 Å². The predicted molar refractivity (Wildman–Crippen MR) is 231 cm³/mol. The zero-order valence-corrected chi connectivity index (χ0v) is 35.2. The number of aldehydes is 1. The minimum atomic E-state index is -0.275. The van der Waals surface area contributed by atoms with Crippen molar-refractivity contribution in [2.24, 2.45) is 5.73 Å². The van der Waals surface area contributed by atoms with E-state index < -0.39 is 0 Å². The Kier molecular flexibility index (Phi) is 31.6. The molecule has 3 N–H and O–H groups in total. The van der Waals surface area contributed by atoms with Gasteiger partial charge in [-0.2, -0.15) is 35.3 Å². The van der Waals surface area contributed by atoms with Crippen LogP contribution in [0.1, 0.15) is 40.9 Å². The maximum Gasteiger partial charge on any atom is 0.234 e. The molecule has 4 aromatic rings. The molecule has 0 aromatic heterocycles. The van der Waals surface area contributed by atoms with Crippen LogP contribution in [0.4, 0.5) is 5.69 Å². The summed E-state index contributed by atoms with van der Waals surface area (Å²) in [5, 5.41) is 2.42. The standard InChI is InChI=1S/C10H10INO2S.3C7H8.C5H13NS.C3H5ClOS/c1-15-6-10(14)12-9-3-2-8(11)4-7(9)5-13;3*1-7-5-3-2-4-6-7;1-5(2,4-6)7-3;1-6-2-3(4)5/h2-5H,6H2,1H3,(H,12,14);3*2-6H,1H3;4,6H2,1-3H3;2H2,1H3. The normalized spacial score (nSPS) is 9.45. The second-order valence-corrected chi connectivity index (χ2v) is 15.7. The molecule has 0 aliphatic carbocycles. The quantitative estimate of drug-likeness (QED) is 0.104. The number of rotatable bonds is 8. The lowest BCUT2D eigenvalue weighted by molar-refractivity contribution is -0.114. The van der Waals surface area contributed by atoms with E-state index in [2.05, 4.69) is 105 Å². The average Bonchev–Trinajstić information content (AvgIpc) is 3.08. The topological polar surface area (TPSA) is 89.3 Å². The molecule has 0 saturated heterocycles. The van der Waals surface area contributed by atoms with Crippen molar-refractivity contribution in [3.8, 4) is 0 Å². The number of anilines is 1. The van der Waals surface area contributed by atoms with Gasteiger partial charge in [0.25, 0.3) is 0 Å². The Labute approximate surface area is 326 Å². The van der Waals surface area contributed by atoms with Crippen LogP contribution >= 0.6 is 69.5 Å². The molecule has 49 heavy (non-hydrogen) atoms. The summed E-state index contributed by atoms with van der Waals surface area (Å²) >= 11 is 11.7. The van der Waals surface area contributed by atoms with Crippen LogP contribution in [-0.4, -0.2) is 59.0 Å². The lowest BCUT2D eigenvalue weighted by atomic mass is 10.2. The highest BCUT2D eigenvalue weighted by Gasteiger charge is 2.11. The maximum atomic E-state index is 11.3. The van der Waals surface area contributed by atoms with Gasteiger partial charge in [0.05, 0.1) is 17.2 Å². The Bertz CT molecular complexity index is 1320. The Morgan fingerprint density at radius 2 is 1.16 bits per heavy atom. The molecule has 4 aromatic carbocycles. The summed E-state index contributed by atoms with van der Waals surface area (Å²) in [6, 6.07) is 36.1. The highest BCUT2D eigenvalue weighted by Crippen LogP contribution is 2.18. The fourth-order valence-electron chi connectivity index (χ4n) is 2.86. The summed E-state index contributed by atoms with van der Waals surface area (Å²) in [5.41, 5.74) is 10.4. The molecular weight excluding hydrogens is 803 g/mol. The molecular formula is C39H52ClIN2O3S3. The number of thioether (sulfide) groups is 3. The van der Waals surface area contributed by atoms with E-state index in [4.69, 9.17) is 17.3 Å². The van der Waals surface area contributed by atoms with Crippen molar-refractivity contribution in [2.75, 3.05) is 42.1 Å². The molecule has 0 saturated carbocycles. The van der Waals surface area contributed by atoms with Crippen LogP contribution in [0.5, 0.6) is 0 Å². The number of hydrogen-bond acceptors (Lipinski definition) is 7. The van der Waals surface area contributed by atoms with Crippen LogP contribution in [0.3, 0.4) is 0 Å². The monoisotopic (exact) mass is 854 g/mol. The molecule has 0 atom stereocenters. The third-order valence-electron chi connectivity index (χ3n) is 5.81. The summed E-state index contributed by atoms with van der Waals surface area (Å²) < 4.78 is 1.25. The molecule has 0 heterocycles. The van der Waals surface area contributed by atoms with Gasteiger partial charge in [-0.05, 0) is 106 Å². The first-order chi connectivity index (χ1) is 23.2. The third kappa shape index (κ3) is 31.4. The largest absolute Gasteiger partial charge is 0.329 e. The maximum absolute atomic E-state index is 11.3. The molecule has 5 nitrogen and oxygen atoms in total. The molecule has 10 heteroatoms. The van der Waals surface area contributed by atoms with E-state index in [0.29, 0.717) is 22.8 Å². The Balaban J connectivity index is 0. The van der Waals surface area contributed by atoms with Gasteiger partial charge >= 0.3 is 0 Å². The Morgan fingerprint density at radius 3 is 1.39 bits per heavy atom. The van der Waals surface area contributed by atoms with E-state index in [-0.39, 0.29) is 15.9 Å². The minimum absolute atomic E-state index is 0.0909. The highest BCUT2D eigenvalue weighted by molar-refractivity contribution is 14.1. The summed E-state index contributed by atoms with van der Waals surface area (Å²) in [6.45, 7) is 11.3. The SMILES string of the molecule is CSC(C)(C)CN.CSCC(=O)Cl.CSCC(=O)Nc1ccc(I)cc1C=O.Cc1ccccc1.Cc1ccccc1.Cc1ccccc1. The molecule has 4 rings (SSSR count). The first kappa shape index (κ1) is 48.8. The van der Waals surface area contributed by atoms with Crippen LogP contribution in [0.15, 0.2) is 109 Å². The van der Waals surface area contributed by atoms with E-state index in [1.54, 1.807) is 23.9 Å². The molecule has 0 radical (unpaired) electrons. The second-order valence-electron chi connectivity index (χ2n) is 10.8. The van der Waals surface area contributed by atoms with Crippen LogP contribution < -0.4 is 11.1 Å². The van der Waals surface area contributed by atoms with E-state index in [1.165, 1.54) is 40.2 Å². The number of halogens is 2. The van der Waals surface area contributed by atoms with Crippen molar-refractivity contribution in [1.82, 2.24) is 0 Å². The summed E-state index contributed by atoms with van der Waals surface area (Å²) in [7, 11) is 0. The Morgan fingerprint density at radius 1 is 0.755 bits per heavy atom. The highest BCUT2D eigenvalue weighted by atomic mass is 127. The molecule has 0 bridgehead atoms. The Hall–Kier alpha value is -2.28. The third-order valence-corrected chi connectivity index (χ3v) is 9.15. The van der Waals surface area contributed by atoms with Gasteiger partial charge in [0.15, 0.2) is 6.29 Å². The first-order valence-electron chi connectivity index (χ1n) is 15.3. The van der Waals surface area contributed by atoms with Gasteiger partial charge in [-0.25, -0.2) is 0 Å². The van der Waals surface area contributed by atoms with Gasteiger partial charge in [-0.1, -0.05) is 108 Å². The van der Waals surface area contributed by atoms with Gasteiger partial charge in [0, 0.05) is 20.4 Å². The van der Waals surface area contributed by atoms with Crippen molar-refractivity contribution in [1.29, 1.82) is 0 Å². The van der Waals surface area contributed by atoms with Crippen LogP contribution in [0.25, 0.3) is 0 Å². The number of benzene rings is 4. The minimum Gasteiger partial charge on any atom is -0.329 e. The van der Waals surface area contributed by atoms with Gasteiger partial charge in [-0.15, -0.1) is 0 Å². The molecule has 0 aliphatic rings.